The molecule has 5 rings (SSSR count). The van der Waals surface area contributed by atoms with E-state index in [9.17, 15) is 24.3 Å². The zero-order chi connectivity index (χ0) is 33.2. The zero-order valence-electron chi connectivity index (χ0n) is 24.6. The molecule has 3 amide bonds. The molecule has 5 aromatic rings. The van der Waals surface area contributed by atoms with E-state index in [1.54, 1.807) is 79.1 Å². The Morgan fingerprint density at radius 1 is 0.787 bits per heavy atom. The Kier molecular flexibility index (Phi) is 10.8. The van der Waals surface area contributed by atoms with Crippen molar-refractivity contribution in [2.24, 2.45) is 0 Å². The molecule has 0 fully saturated rings. The predicted octanol–water partition coefficient (Wildman–Crippen LogP) is 7.31. The quantitative estimate of drug-likeness (QED) is 0.0859. The molecule has 1 heterocycles. The lowest BCUT2D eigenvalue weighted by atomic mass is 10.1. The molecule has 0 bridgehead atoms. The lowest BCUT2D eigenvalue weighted by Gasteiger charge is -2.18. The Balaban J connectivity index is 1.37. The van der Waals surface area contributed by atoms with Crippen LogP contribution in [0.15, 0.2) is 138 Å². The molecule has 0 aliphatic carbocycles. The lowest BCUT2D eigenvalue weighted by molar-refractivity contribution is -0.116. The number of anilines is 2. The van der Waals surface area contributed by atoms with Crippen LogP contribution in [-0.2, 0) is 9.59 Å². The number of pyridine rings is 1. The van der Waals surface area contributed by atoms with Gasteiger partial charge in [-0.05, 0) is 71.8 Å². The Bertz CT molecular complexity index is 1940. The van der Waals surface area contributed by atoms with Crippen LogP contribution in [0.4, 0.5) is 11.4 Å². The van der Waals surface area contributed by atoms with Gasteiger partial charge in [0, 0.05) is 34.2 Å². The number of hydrogen-bond acceptors (Lipinski definition) is 6. The molecule has 11 heteroatoms. The van der Waals surface area contributed by atoms with E-state index in [1.165, 1.54) is 36.0 Å². The van der Waals surface area contributed by atoms with Crippen LogP contribution < -0.4 is 16.0 Å². The van der Waals surface area contributed by atoms with Crippen molar-refractivity contribution in [1.82, 2.24) is 10.3 Å². The van der Waals surface area contributed by atoms with Gasteiger partial charge in [0.05, 0.1) is 10.6 Å². The summed E-state index contributed by atoms with van der Waals surface area (Å²) in [6.45, 7) is 0. The predicted molar refractivity (Wildman–Crippen MR) is 183 cm³/mol. The van der Waals surface area contributed by atoms with Gasteiger partial charge in [-0.25, -0.2) is 4.79 Å². The SMILES string of the molecule is O=C(Nc1cccc(SC(C(=O)Nc2ccc(Cl)c(C(=O)O)c2)c2ccccc2)c1)/C(=C/c1cccnc1)NC(=O)c1ccccc1. The minimum atomic E-state index is -1.21. The van der Waals surface area contributed by atoms with Crippen molar-refractivity contribution in [3.63, 3.8) is 0 Å². The Morgan fingerprint density at radius 3 is 2.21 bits per heavy atom. The van der Waals surface area contributed by atoms with Crippen LogP contribution in [0.1, 0.15) is 37.1 Å². The maximum absolute atomic E-state index is 13.6. The Labute approximate surface area is 279 Å². The van der Waals surface area contributed by atoms with Crippen molar-refractivity contribution in [2.75, 3.05) is 10.6 Å². The maximum atomic E-state index is 13.6. The van der Waals surface area contributed by atoms with E-state index in [2.05, 4.69) is 20.9 Å². The highest BCUT2D eigenvalue weighted by atomic mass is 35.5. The van der Waals surface area contributed by atoms with E-state index in [-0.39, 0.29) is 27.9 Å². The van der Waals surface area contributed by atoms with Gasteiger partial charge in [-0.1, -0.05) is 72.3 Å². The molecule has 9 nitrogen and oxygen atoms in total. The first-order chi connectivity index (χ1) is 22.8. The molecule has 0 spiro atoms. The topological polar surface area (TPSA) is 137 Å². The Hall–Kier alpha value is -5.71. The van der Waals surface area contributed by atoms with Gasteiger partial charge in [0.15, 0.2) is 0 Å². The molecule has 1 unspecified atom stereocenters. The van der Waals surface area contributed by atoms with Crippen molar-refractivity contribution in [3.05, 3.63) is 161 Å². The maximum Gasteiger partial charge on any atom is 0.337 e. The van der Waals surface area contributed by atoms with E-state index in [0.717, 1.165) is 0 Å². The first kappa shape index (κ1) is 32.7. The summed E-state index contributed by atoms with van der Waals surface area (Å²) in [6.07, 6.45) is 4.71. The second-order valence-corrected chi connectivity index (χ2v) is 11.6. The summed E-state index contributed by atoms with van der Waals surface area (Å²) < 4.78 is 0. The number of hydrogen-bond donors (Lipinski definition) is 4. The molecule has 1 aromatic heterocycles. The zero-order valence-corrected chi connectivity index (χ0v) is 26.2. The number of carboxylic acids is 1. The van der Waals surface area contributed by atoms with Gasteiger partial charge < -0.3 is 21.1 Å². The number of amides is 3. The number of nitrogens with zero attached hydrogens (tertiary/aromatic N) is 1. The van der Waals surface area contributed by atoms with Gasteiger partial charge in [-0.3, -0.25) is 19.4 Å². The summed E-state index contributed by atoms with van der Waals surface area (Å²) in [6, 6.07) is 32.3. The lowest BCUT2D eigenvalue weighted by Crippen LogP contribution is -2.30. The highest BCUT2D eigenvalue weighted by molar-refractivity contribution is 8.00. The third kappa shape index (κ3) is 8.94. The molecule has 0 saturated carbocycles. The standard InChI is InChI=1S/C36H27ClN4O5S/c37-30-17-16-27(21-29(30)36(45)46)40-35(44)32(24-10-3-1-4-11-24)47-28-15-7-14-26(20-28)39-34(43)31(19-23-9-8-18-38-22-23)41-33(42)25-12-5-2-6-13-25/h1-22,32H,(H,39,43)(H,40,44)(H,41,42)(H,45,46)/b31-19-. The summed E-state index contributed by atoms with van der Waals surface area (Å²) >= 11 is 7.25. The van der Waals surface area contributed by atoms with Crippen LogP contribution >= 0.6 is 23.4 Å². The average molecular weight is 663 g/mol. The highest BCUT2D eigenvalue weighted by Gasteiger charge is 2.23. The van der Waals surface area contributed by atoms with Crippen molar-refractivity contribution in [2.45, 2.75) is 10.1 Å². The number of rotatable bonds is 11. The van der Waals surface area contributed by atoms with E-state index < -0.39 is 23.0 Å². The summed E-state index contributed by atoms with van der Waals surface area (Å²) in [7, 11) is 0. The summed E-state index contributed by atoms with van der Waals surface area (Å²) in [5, 5.41) is 17.1. The van der Waals surface area contributed by atoms with Crippen molar-refractivity contribution in [3.8, 4) is 0 Å². The van der Waals surface area contributed by atoms with Crippen LogP contribution in [-0.4, -0.2) is 33.8 Å². The normalized spacial score (nSPS) is 11.6. The monoisotopic (exact) mass is 662 g/mol. The molecule has 1 atom stereocenters. The molecule has 4 N–H and O–H groups in total. The number of thioether (sulfide) groups is 1. The van der Waals surface area contributed by atoms with E-state index >= 15 is 0 Å². The number of aromatic nitrogens is 1. The average Bonchev–Trinajstić information content (AvgIpc) is 3.09. The number of benzene rings is 4. The van der Waals surface area contributed by atoms with Crippen LogP contribution in [0.2, 0.25) is 5.02 Å². The van der Waals surface area contributed by atoms with Gasteiger partial charge in [-0.2, -0.15) is 0 Å². The first-order valence-electron chi connectivity index (χ1n) is 14.2. The Morgan fingerprint density at radius 2 is 1.51 bits per heavy atom. The fourth-order valence-corrected chi connectivity index (χ4v) is 5.71. The van der Waals surface area contributed by atoms with Crippen LogP contribution in [0.5, 0.6) is 0 Å². The fraction of sp³-hybridized carbons (Fsp3) is 0.0278. The third-order valence-electron chi connectivity index (χ3n) is 6.67. The third-order valence-corrected chi connectivity index (χ3v) is 8.25. The van der Waals surface area contributed by atoms with Crippen molar-refractivity contribution in [1.29, 1.82) is 0 Å². The van der Waals surface area contributed by atoms with Crippen LogP contribution in [0, 0.1) is 0 Å². The molecule has 234 valence electrons. The number of carbonyl (C=O) groups is 4. The minimum Gasteiger partial charge on any atom is -0.478 e. The fourth-order valence-electron chi connectivity index (χ4n) is 4.43. The van der Waals surface area contributed by atoms with Gasteiger partial charge >= 0.3 is 5.97 Å². The second-order valence-electron chi connectivity index (χ2n) is 10.0. The van der Waals surface area contributed by atoms with Crippen molar-refractivity contribution < 1.29 is 24.3 Å². The number of halogens is 1. The molecule has 0 aliphatic heterocycles. The van der Waals surface area contributed by atoms with Gasteiger partial charge in [0.2, 0.25) is 5.91 Å². The number of aromatic carboxylic acids is 1. The molecular formula is C36H27ClN4O5S. The largest absolute Gasteiger partial charge is 0.478 e. The van der Waals surface area contributed by atoms with E-state index in [0.29, 0.717) is 27.3 Å². The molecule has 47 heavy (non-hydrogen) atoms. The summed E-state index contributed by atoms with van der Waals surface area (Å²) in [5.41, 5.74) is 2.31. The van der Waals surface area contributed by atoms with Gasteiger partial charge in [0.1, 0.15) is 10.9 Å². The minimum absolute atomic E-state index is 0.00939. The summed E-state index contributed by atoms with van der Waals surface area (Å²) in [5.74, 6) is -2.61. The highest BCUT2D eigenvalue weighted by Crippen LogP contribution is 2.37. The molecule has 4 aromatic carbocycles. The van der Waals surface area contributed by atoms with E-state index in [4.69, 9.17) is 11.6 Å². The molecule has 0 aliphatic rings. The number of nitrogens with one attached hydrogen (secondary N) is 3. The second kappa shape index (κ2) is 15.5. The number of carbonyl (C=O) groups excluding carboxylic acids is 3. The van der Waals surface area contributed by atoms with Crippen LogP contribution in [0.3, 0.4) is 0 Å². The molecule has 0 radical (unpaired) electrons. The first-order valence-corrected chi connectivity index (χ1v) is 15.5. The molecule has 0 saturated heterocycles. The smallest absolute Gasteiger partial charge is 0.337 e. The molecular weight excluding hydrogens is 636 g/mol. The number of carboxylic acid groups (broad SMARTS) is 1. The van der Waals surface area contributed by atoms with E-state index in [1.807, 2.05) is 30.3 Å². The summed E-state index contributed by atoms with van der Waals surface area (Å²) in [4.78, 5) is 56.4. The van der Waals surface area contributed by atoms with Crippen LogP contribution in [0.25, 0.3) is 6.08 Å². The van der Waals surface area contributed by atoms with Gasteiger partial charge in [0.25, 0.3) is 11.8 Å². The van der Waals surface area contributed by atoms with Gasteiger partial charge in [-0.15, -0.1) is 11.8 Å². The van der Waals surface area contributed by atoms with Crippen molar-refractivity contribution >= 4 is 64.5 Å².